The lowest BCUT2D eigenvalue weighted by atomic mass is 10.2. The number of anilines is 1. The molecule has 2 aromatic rings. The van der Waals surface area contributed by atoms with Crippen LogP contribution in [0.1, 0.15) is 15.9 Å². The van der Waals surface area contributed by atoms with Crippen molar-refractivity contribution in [1.82, 2.24) is 4.98 Å². The van der Waals surface area contributed by atoms with Crippen molar-refractivity contribution in [2.24, 2.45) is 0 Å². The quantitative estimate of drug-likeness (QED) is 0.847. The summed E-state index contributed by atoms with van der Waals surface area (Å²) in [5, 5.41) is 11.4. The lowest BCUT2D eigenvalue weighted by Gasteiger charge is -2.06. The van der Waals surface area contributed by atoms with Crippen LogP contribution in [0, 0.1) is 0 Å². The molecule has 1 aromatic heterocycles. The number of hydrogen-bond donors (Lipinski definition) is 2. The molecule has 0 bridgehead atoms. The summed E-state index contributed by atoms with van der Waals surface area (Å²) < 4.78 is 5.28. The molecule has 6 heteroatoms. The molecule has 1 amide bonds. The normalized spacial score (nSPS) is 10.1. The zero-order chi connectivity index (χ0) is 15.1. The highest BCUT2D eigenvalue weighted by atomic mass is 16.5. The molecule has 0 aliphatic heterocycles. The van der Waals surface area contributed by atoms with Gasteiger partial charge in [-0.15, -0.1) is 0 Å². The van der Waals surface area contributed by atoms with Gasteiger partial charge in [0.05, 0.1) is 24.1 Å². The second kappa shape index (κ2) is 7.16. The molecule has 1 heterocycles. The molecule has 2 rings (SSSR count). The van der Waals surface area contributed by atoms with Crippen molar-refractivity contribution < 1.29 is 19.4 Å². The van der Waals surface area contributed by atoms with E-state index >= 15 is 0 Å². The molecular weight excluding hydrogens is 272 g/mol. The van der Waals surface area contributed by atoms with Crippen molar-refractivity contribution in [3.63, 3.8) is 0 Å². The zero-order valence-electron chi connectivity index (χ0n) is 11.2. The highest BCUT2D eigenvalue weighted by Gasteiger charge is 2.07. The lowest BCUT2D eigenvalue weighted by molar-refractivity contribution is -0.121. The summed E-state index contributed by atoms with van der Waals surface area (Å²) in [6.07, 6.45) is 2.59. The molecule has 0 spiro atoms. The molecule has 0 aliphatic rings. The van der Waals surface area contributed by atoms with E-state index in [1.54, 1.807) is 0 Å². The summed E-state index contributed by atoms with van der Waals surface area (Å²) in [5.74, 6) is -1.46. The number of benzene rings is 1. The summed E-state index contributed by atoms with van der Waals surface area (Å²) >= 11 is 0. The van der Waals surface area contributed by atoms with Crippen LogP contribution in [0.25, 0.3) is 0 Å². The van der Waals surface area contributed by atoms with Crippen molar-refractivity contribution in [2.75, 3.05) is 11.9 Å². The second-order valence-electron chi connectivity index (χ2n) is 4.29. The number of ether oxygens (including phenoxy) is 1. The first-order valence-corrected chi connectivity index (χ1v) is 6.25. The highest BCUT2D eigenvalue weighted by molar-refractivity contribution is 5.94. The maximum atomic E-state index is 11.7. The van der Waals surface area contributed by atoms with Gasteiger partial charge in [0.1, 0.15) is 6.61 Å². The Morgan fingerprint density at radius 3 is 2.67 bits per heavy atom. The van der Waals surface area contributed by atoms with Crippen LogP contribution in [0.2, 0.25) is 0 Å². The Bertz CT molecular complexity index is 629. The molecule has 0 atom stereocenters. The summed E-state index contributed by atoms with van der Waals surface area (Å²) in [6, 6.07) is 10.8. The van der Waals surface area contributed by atoms with Gasteiger partial charge in [-0.2, -0.15) is 0 Å². The molecule has 0 radical (unpaired) electrons. The Morgan fingerprint density at radius 1 is 1.19 bits per heavy atom. The van der Waals surface area contributed by atoms with Crippen LogP contribution in [-0.4, -0.2) is 28.6 Å². The Kier molecular flexibility index (Phi) is 5.00. The predicted molar refractivity (Wildman–Crippen MR) is 75.9 cm³/mol. The van der Waals surface area contributed by atoms with Crippen molar-refractivity contribution in [3.8, 4) is 0 Å². The molecule has 2 N–H and O–H groups in total. The Labute approximate surface area is 121 Å². The third-order valence-electron chi connectivity index (χ3n) is 2.61. The molecule has 1 aromatic carbocycles. The van der Waals surface area contributed by atoms with Crippen LogP contribution in [0.4, 0.5) is 5.69 Å². The molecule has 0 saturated heterocycles. The van der Waals surface area contributed by atoms with Gasteiger partial charge < -0.3 is 15.2 Å². The Hall–Kier alpha value is -2.73. The summed E-state index contributed by atoms with van der Waals surface area (Å²) in [5.41, 5.74) is 1.31. The number of rotatable bonds is 6. The monoisotopic (exact) mass is 286 g/mol. The fourth-order valence-corrected chi connectivity index (χ4v) is 1.66. The highest BCUT2D eigenvalue weighted by Crippen LogP contribution is 2.08. The van der Waals surface area contributed by atoms with Crippen molar-refractivity contribution in [2.45, 2.75) is 6.61 Å². The minimum absolute atomic E-state index is 0.0120. The van der Waals surface area contributed by atoms with Crippen LogP contribution in [0.5, 0.6) is 0 Å². The standard InChI is InChI=1S/C15H14N2O4/c18-14(10-21-9-11-4-2-1-3-5-11)17-13-6-12(15(19)20)7-16-8-13/h1-8H,9-10H2,(H,17,18)(H,19,20). The maximum Gasteiger partial charge on any atom is 0.337 e. The second-order valence-corrected chi connectivity index (χ2v) is 4.29. The molecule has 0 saturated carbocycles. The number of hydrogen-bond acceptors (Lipinski definition) is 4. The fraction of sp³-hybridized carbons (Fsp3) is 0.133. The predicted octanol–water partition coefficient (Wildman–Crippen LogP) is 1.94. The largest absolute Gasteiger partial charge is 0.478 e. The number of nitrogens with one attached hydrogen (secondary N) is 1. The third-order valence-corrected chi connectivity index (χ3v) is 2.61. The maximum absolute atomic E-state index is 11.7. The number of aromatic nitrogens is 1. The van der Waals surface area contributed by atoms with E-state index in [2.05, 4.69) is 10.3 Å². The van der Waals surface area contributed by atoms with E-state index in [1.807, 2.05) is 30.3 Å². The molecule has 0 aliphatic carbocycles. The topological polar surface area (TPSA) is 88.5 Å². The summed E-state index contributed by atoms with van der Waals surface area (Å²) in [6.45, 7) is 0.216. The first kappa shape index (κ1) is 14.7. The Morgan fingerprint density at radius 2 is 1.95 bits per heavy atom. The minimum atomic E-state index is -1.10. The van der Waals surface area contributed by atoms with Crippen molar-refractivity contribution in [1.29, 1.82) is 0 Å². The van der Waals surface area contributed by atoms with Gasteiger partial charge in [-0.25, -0.2) is 4.79 Å². The smallest absolute Gasteiger partial charge is 0.337 e. The molecule has 21 heavy (non-hydrogen) atoms. The van der Waals surface area contributed by atoms with Crippen LogP contribution in [-0.2, 0) is 16.1 Å². The average molecular weight is 286 g/mol. The van der Waals surface area contributed by atoms with Gasteiger partial charge in [0, 0.05) is 6.20 Å². The summed E-state index contributed by atoms with van der Waals surface area (Å²) in [4.78, 5) is 26.2. The number of aromatic carboxylic acids is 1. The number of pyridine rings is 1. The SMILES string of the molecule is O=C(COCc1ccccc1)Nc1cncc(C(=O)O)c1. The number of carbonyl (C=O) groups excluding carboxylic acids is 1. The molecular formula is C15H14N2O4. The molecule has 6 nitrogen and oxygen atoms in total. The minimum Gasteiger partial charge on any atom is -0.478 e. The molecule has 108 valence electrons. The summed E-state index contributed by atoms with van der Waals surface area (Å²) in [7, 11) is 0. The van der Waals surface area contributed by atoms with Gasteiger partial charge in [0.25, 0.3) is 0 Å². The van der Waals surface area contributed by atoms with Gasteiger partial charge in [0.2, 0.25) is 5.91 Å². The Balaban J connectivity index is 1.82. The van der Waals surface area contributed by atoms with Crippen molar-refractivity contribution in [3.05, 3.63) is 59.9 Å². The average Bonchev–Trinajstić information content (AvgIpc) is 2.48. The van der Waals surface area contributed by atoms with Crippen molar-refractivity contribution >= 4 is 17.6 Å². The number of carbonyl (C=O) groups is 2. The van der Waals surface area contributed by atoms with Crippen LogP contribution < -0.4 is 5.32 Å². The molecule has 0 unspecified atom stereocenters. The van der Waals surface area contributed by atoms with E-state index in [-0.39, 0.29) is 18.1 Å². The first-order valence-electron chi connectivity index (χ1n) is 6.25. The van der Waals surface area contributed by atoms with E-state index in [0.29, 0.717) is 12.3 Å². The van der Waals surface area contributed by atoms with Gasteiger partial charge in [0.15, 0.2) is 0 Å². The third kappa shape index (κ3) is 4.70. The van der Waals surface area contributed by atoms with Crippen LogP contribution in [0.3, 0.4) is 0 Å². The number of amides is 1. The van der Waals surface area contributed by atoms with E-state index in [1.165, 1.54) is 18.5 Å². The number of carboxylic acid groups (broad SMARTS) is 1. The lowest BCUT2D eigenvalue weighted by Crippen LogP contribution is -2.18. The van der Waals surface area contributed by atoms with Gasteiger partial charge >= 0.3 is 5.97 Å². The van der Waals surface area contributed by atoms with E-state index in [4.69, 9.17) is 9.84 Å². The molecule has 0 fully saturated rings. The van der Waals surface area contributed by atoms with E-state index in [0.717, 1.165) is 5.56 Å². The van der Waals surface area contributed by atoms with E-state index in [9.17, 15) is 9.59 Å². The number of carboxylic acids is 1. The number of nitrogens with zero attached hydrogens (tertiary/aromatic N) is 1. The first-order chi connectivity index (χ1) is 10.1. The zero-order valence-corrected chi connectivity index (χ0v) is 11.2. The van der Waals surface area contributed by atoms with Gasteiger partial charge in [-0.3, -0.25) is 9.78 Å². The van der Waals surface area contributed by atoms with Crippen LogP contribution >= 0.6 is 0 Å². The fourth-order valence-electron chi connectivity index (χ4n) is 1.66. The van der Waals surface area contributed by atoms with Gasteiger partial charge in [-0.05, 0) is 11.6 Å². The van der Waals surface area contributed by atoms with E-state index < -0.39 is 5.97 Å². The van der Waals surface area contributed by atoms with Crippen LogP contribution in [0.15, 0.2) is 48.8 Å². The van der Waals surface area contributed by atoms with Gasteiger partial charge in [-0.1, -0.05) is 30.3 Å².